The monoisotopic (exact) mass is 791 g/mol. The number of amides is 3. The Morgan fingerprint density at radius 1 is 0.946 bits per heavy atom. The number of imide groups is 1. The molecular weight excluding hydrogens is 760 g/mol. The molecule has 1 N–H and O–H groups in total. The van der Waals surface area contributed by atoms with Crippen molar-refractivity contribution in [1.29, 1.82) is 0 Å². The zero-order valence-corrected chi connectivity index (χ0v) is 30.4. The van der Waals surface area contributed by atoms with Gasteiger partial charge in [0.1, 0.15) is 12.6 Å². The number of alkyl halides is 3. The molecule has 0 bridgehead atoms. The van der Waals surface area contributed by atoms with Crippen LogP contribution in [0.25, 0.3) is 16.9 Å². The number of hydrogen-bond acceptors (Lipinski definition) is 10. The number of benzene rings is 4. The molecule has 1 aliphatic heterocycles. The molecule has 1 atom stereocenters. The largest absolute Gasteiger partial charge is 0.569 e. The van der Waals surface area contributed by atoms with Crippen LogP contribution in [0.1, 0.15) is 37.5 Å². The van der Waals surface area contributed by atoms with E-state index in [1.807, 2.05) is 6.92 Å². The fourth-order valence-electron chi connectivity index (χ4n) is 5.65. The van der Waals surface area contributed by atoms with Crippen molar-refractivity contribution >= 4 is 27.9 Å². The minimum Gasteiger partial charge on any atom is -0.569 e. The first-order valence-corrected chi connectivity index (χ1v) is 18.2. The summed E-state index contributed by atoms with van der Waals surface area (Å²) in [5, 5.41) is 21.1. The number of hydrazine groups is 1. The molecule has 0 saturated carbocycles. The summed E-state index contributed by atoms with van der Waals surface area (Å²) >= 11 is 0. The molecule has 1 aromatic heterocycles. The van der Waals surface area contributed by atoms with Crippen LogP contribution in [0.15, 0.2) is 119 Å². The van der Waals surface area contributed by atoms with Crippen LogP contribution in [0.3, 0.4) is 0 Å². The molecule has 0 fully saturated rings. The summed E-state index contributed by atoms with van der Waals surface area (Å²) in [7, 11) is -3.25. The Kier molecular flexibility index (Phi) is 11.1. The van der Waals surface area contributed by atoms with E-state index in [1.54, 1.807) is 71.5 Å². The molecule has 6 rings (SSSR count). The molecule has 19 heteroatoms. The molecule has 2 heterocycles. The predicted molar refractivity (Wildman–Crippen MR) is 191 cm³/mol. The second kappa shape index (κ2) is 15.9. The number of aryl methyl sites for hydroxylation is 1. The summed E-state index contributed by atoms with van der Waals surface area (Å²) in [4.78, 5) is 43.4. The zero-order chi connectivity index (χ0) is 40.2. The predicted octanol–water partition coefficient (Wildman–Crippen LogP) is 5.89. The van der Waals surface area contributed by atoms with Crippen molar-refractivity contribution in [3.63, 3.8) is 0 Å². The number of carbonyl (C=O) groups is 3. The Labute approximate surface area is 317 Å². The lowest BCUT2D eigenvalue weighted by atomic mass is 10.1. The normalized spacial score (nSPS) is 13.7. The van der Waals surface area contributed by atoms with Gasteiger partial charge in [0.2, 0.25) is 12.0 Å². The first kappa shape index (κ1) is 38.9. The smallest absolute Gasteiger partial charge is 0.435 e. The molecule has 1 aliphatic rings. The van der Waals surface area contributed by atoms with E-state index in [4.69, 9.17) is 9.57 Å². The van der Waals surface area contributed by atoms with E-state index in [1.165, 1.54) is 31.3 Å². The van der Waals surface area contributed by atoms with Crippen molar-refractivity contribution in [2.24, 2.45) is 5.28 Å². The van der Waals surface area contributed by atoms with E-state index >= 15 is 0 Å². The standard InChI is InChI=1S/C37H32F3N7O8S/c1-24-12-14-26(15-13-24)32-21-33(37(38,39)40)41-46(32)27-16-18-29(19-17-27)56(52,53)42-36(50)54-22-28(20-25-8-4-3-5-9-25)44(2)47(51)43-55-23-45-34(48)30-10-6-7-11-31(30)35(45)49/h3-19,21,28H,20,22-23H2,1-2H3,(H,42,50)/t28-/m0/s1. The third kappa shape index (κ3) is 8.62. The lowest BCUT2D eigenvalue weighted by molar-refractivity contribution is -0.713. The van der Waals surface area contributed by atoms with Gasteiger partial charge in [0.25, 0.3) is 21.8 Å². The number of nitrogens with one attached hydrogen (secondary N) is 1. The Morgan fingerprint density at radius 3 is 2.16 bits per heavy atom. The van der Waals surface area contributed by atoms with E-state index in [0.29, 0.717) is 11.1 Å². The van der Waals surface area contributed by atoms with Crippen LogP contribution in [0.4, 0.5) is 18.0 Å². The Bertz CT molecular complexity index is 2350. The van der Waals surface area contributed by atoms with E-state index in [9.17, 15) is 41.2 Å². The van der Waals surface area contributed by atoms with Gasteiger partial charge >= 0.3 is 12.3 Å². The van der Waals surface area contributed by atoms with Crippen molar-refractivity contribution < 1.29 is 50.5 Å². The number of aromatic nitrogens is 2. The van der Waals surface area contributed by atoms with Crippen LogP contribution in [0.5, 0.6) is 0 Å². The van der Waals surface area contributed by atoms with Gasteiger partial charge in [0.15, 0.2) is 5.69 Å². The van der Waals surface area contributed by atoms with Crippen LogP contribution in [0.2, 0.25) is 0 Å². The summed E-state index contributed by atoms with van der Waals surface area (Å²) in [6.45, 7) is 0.637. The number of likely N-dealkylation sites (N-methyl/N-ethyl adjacent to an activating group) is 1. The molecular formula is C37H32F3N7O8S. The number of sulfonamides is 1. The van der Waals surface area contributed by atoms with Crippen molar-refractivity contribution in [3.8, 4) is 16.9 Å². The maximum atomic E-state index is 13.6. The molecule has 5 aromatic rings. The first-order valence-electron chi connectivity index (χ1n) is 16.7. The van der Waals surface area contributed by atoms with Gasteiger partial charge in [-0.3, -0.25) is 9.59 Å². The average Bonchev–Trinajstić information content (AvgIpc) is 3.73. The van der Waals surface area contributed by atoms with Crippen LogP contribution >= 0.6 is 0 Å². The van der Waals surface area contributed by atoms with E-state index < -0.39 is 64.1 Å². The quantitative estimate of drug-likeness (QED) is 0.0655. The number of nitrogens with zero attached hydrogens (tertiary/aromatic N) is 6. The summed E-state index contributed by atoms with van der Waals surface area (Å²) < 4.78 is 75.2. The highest BCUT2D eigenvalue weighted by Crippen LogP contribution is 2.33. The molecule has 0 aliphatic carbocycles. The SMILES string of the molecule is Cc1ccc(-c2cc(C(F)(F)F)nn2-c2ccc(S(=O)(=O)NC(=O)OC[C@H](Cc3ccccc3)N(C)[N+]([O-])=NOCN3C(=O)c4ccccc4C3=O)cc2)cc1. The topological polar surface area (TPSA) is 179 Å². The van der Waals surface area contributed by atoms with Crippen LogP contribution in [-0.4, -0.2) is 77.4 Å². The van der Waals surface area contributed by atoms with Gasteiger partial charge < -0.3 is 14.8 Å². The lowest BCUT2D eigenvalue weighted by Gasteiger charge is -2.24. The minimum atomic E-state index is -4.74. The van der Waals surface area contributed by atoms with Gasteiger partial charge in [-0.05, 0) is 55.0 Å². The highest BCUT2D eigenvalue weighted by molar-refractivity contribution is 7.90. The minimum absolute atomic E-state index is 0.0207. The van der Waals surface area contributed by atoms with Gasteiger partial charge in [-0.1, -0.05) is 72.3 Å². The second-order valence-corrected chi connectivity index (χ2v) is 14.2. The fraction of sp³-hybridized carbons (Fsp3) is 0.189. The van der Waals surface area contributed by atoms with Crippen LogP contribution in [0, 0.1) is 12.1 Å². The molecule has 56 heavy (non-hydrogen) atoms. The van der Waals surface area contributed by atoms with Gasteiger partial charge in [-0.15, -0.1) is 5.01 Å². The molecule has 290 valence electrons. The number of carbonyl (C=O) groups excluding carboxylic acids is 3. The molecule has 0 spiro atoms. The Morgan fingerprint density at radius 2 is 1.55 bits per heavy atom. The molecule has 0 unspecified atom stereocenters. The highest BCUT2D eigenvalue weighted by Gasteiger charge is 2.37. The molecule has 3 amide bonds. The average molecular weight is 792 g/mol. The third-order valence-corrected chi connectivity index (χ3v) is 10.00. The van der Waals surface area contributed by atoms with E-state index in [-0.39, 0.29) is 33.9 Å². The van der Waals surface area contributed by atoms with Crippen molar-refractivity contribution in [2.75, 3.05) is 20.4 Å². The van der Waals surface area contributed by atoms with Crippen LogP contribution < -0.4 is 4.72 Å². The maximum Gasteiger partial charge on any atom is 0.435 e. The zero-order valence-electron chi connectivity index (χ0n) is 29.6. The Balaban J connectivity index is 1.12. The van der Waals surface area contributed by atoms with E-state index in [2.05, 4.69) is 10.4 Å². The fourth-order valence-corrected chi connectivity index (χ4v) is 6.55. The second-order valence-electron chi connectivity index (χ2n) is 12.5. The highest BCUT2D eigenvalue weighted by atomic mass is 32.2. The van der Waals surface area contributed by atoms with Gasteiger partial charge in [-0.25, -0.2) is 27.5 Å². The summed E-state index contributed by atoms with van der Waals surface area (Å²) in [5.41, 5.74) is 1.49. The number of halogens is 3. The summed E-state index contributed by atoms with van der Waals surface area (Å²) in [6, 6.07) is 26.2. The van der Waals surface area contributed by atoms with Gasteiger partial charge in [0.05, 0.1) is 39.4 Å². The Hall–Kier alpha value is -6.76. The van der Waals surface area contributed by atoms with Crippen molar-refractivity contribution in [3.05, 3.63) is 142 Å². The molecule has 4 aromatic carbocycles. The van der Waals surface area contributed by atoms with Gasteiger partial charge in [-0.2, -0.15) is 18.3 Å². The maximum absolute atomic E-state index is 13.6. The summed E-state index contributed by atoms with van der Waals surface area (Å²) in [5.74, 6) is -1.24. The number of fused-ring (bicyclic) bond motifs is 1. The van der Waals surface area contributed by atoms with Crippen molar-refractivity contribution in [2.45, 2.75) is 30.5 Å². The summed E-state index contributed by atoms with van der Waals surface area (Å²) in [6.07, 6.45) is -6.02. The first-order chi connectivity index (χ1) is 26.6. The molecule has 15 nitrogen and oxygen atoms in total. The number of ether oxygens (including phenoxy) is 1. The third-order valence-electron chi connectivity index (χ3n) is 8.67. The lowest BCUT2D eigenvalue weighted by Crippen LogP contribution is -2.43. The van der Waals surface area contributed by atoms with Gasteiger partial charge in [0, 0.05) is 12.0 Å². The van der Waals surface area contributed by atoms with Crippen LogP contribution in [-0.2, 0) is 32.2 Å². The molecule has 0 saturated heterocycles. The number of rotatable bonds is 13. The number of hydrogen-bond donors (Lipinski definition) is 1. The van der Waals surface area contributed by atoms with E-state index in [0.717, 1.165) is 38.4 Å². The molecule has 0 radical (unpaired) electrons. The van der Waals surface area contributed by atoms with Crippen molar-refractivity contribution in [1.82, 2.24) is 24.4 Å².